The molecular weight excluding hydrogens is 202 g/mol. The van der Waals surface area contributed by atoms with Crippen LogP contribution in [0.4, 0.5) is 0 Å². The van der Waals surface area contributed by atoms with Crippen molar-refractivity contribution in [2.45, 2.75) is 52.6 Å². The predicted octanol–water partition coefficient (Wildman–Crippen LogP) is 2.45. The number of nitrogens with zero attached hydrogens (tertiary/aromatic N) is 1. The molecule has 1 rings (SSSR count). The van der Waals surface area contributed by atoms with Gasteiger partial charge in [-0.2, -0.15) is 0 Å². The zero-order valence-corrected chi connectivity index (χ0v) is 11.1. The summed E-state index contributed by atoms with van der Waals surface area (Å²) in [4.78, 5) is 13.8. The zero-order valence-electron chi connectivity index (χ0n) is 11.1. The average molecular weight is 227 g/mol. The van der Waals surface area contributed by atoms with Crippen molar-refractivity contribution < 1.29 is 9.53 Å². The van der Waals surface area contributed by atoms with Gasteiger partial charge in [0.05, 0.1) is 6.54 Å². The third-order valence-corrected chi connectivity index (χ3v) is 2.84. The molecule has 1 fully saturated rings. The first-order chi connectivity index (χ1) is 7.40. The molecule has 0 aromatic heterocycles. The van der Waals surface area contributed by atoms with E-state index in [1.54, 1.807) is 0 Å². The molecular formula is C13H25NO2. The van der Waals surface area contributed by atoms with E-state index in [1.165, 1.54) is 19.3 Å². The highest BCUT2D eigenvalue weighted by Gasteiger charge is 2.25. The topological polar surface area (TPSA) is 29.5 Å². The van der Waals surface area contributed by atoms with Crippen LogP contribution < -0.4 is 0 Å². The van der Waals surface area contributed by atoms with Gasteiger partial charge in [-0.3, -0.25) is 9.69 Å². The molecule has 1 atom stereocenters. The molecule has 0 bridgehead atoms. The first-order valence-corrected chi connectivity index (χ1v) is 6.35. The smallest absolute Gasteiger partial charge is 0.320 e. The van der Waals surface area contributed by atoms with Gasteiger partial charge in [-0.05, 0) is 46.1 Å². The molecule has 0 saturated carbocycles. The van der Waals surface area contributed by atoms with Crippen molar-refractivity contribution in [1.29, 1.82) is 0 Å². The summed E-state index contributed by atoms with van der Waals surface area (Å²) in [6.45, 7) is 10.5. The Hall–Kier alpha value is -0.570. The lowest BCUT2D eigenvalue weighted by Crippen LogP contribution is -2.33. The molecule has 0 aromatic rings. The molecule has 1 heterocycles. The van der Waals surface area contributed by atoms with Crippen LogP contribution in [-0.2, 0) is 9.53 Å². The SMILES string of the molecule is CCC[C@@H]1CCN(CC(=O)OC(C)(C)C)C1. The van der Waals surface area contributed by atoms with Crippen LogP contribution in [0.15, 0.2) is 0 Å². The maximum Gasteiger partial charge on any atom is 0.320 e. The van der Waals surface area contributed by atoms with Crippen LogP contribution in [0.1, 0.15) is 47.0 Å². The first kappa shape index (κ1) is 13.5. The normalized spacial score (nSPS) is 22.4. The van der Waals surface area contributed by atoms with E-state index in [2.05, 4.69) is 11.8 Å². The monoisotopic (exact) mass is 227 g/mol. The standard InChI is InChI=1S/C13H25NO2/c1-5-6-11-7-8-14(9-11)10-12(15)16-13(2,3)4/h11H,5-10H2,1-4H3/t11-/m1/s1. The van der Waals surface area contributed by atoms with E-state index in [0.717, 1.165) is 19.0 Å². The van der Waals surface area contributed by atoms with Crippen molar-refractivity contribution in [3.05, 3.63) is 0 Å². The summed E-state index contributed by atoms with van der Waals surface area (Å²) >= 11 is 0. The average Bonchev–Trinajstić information content (AvgIpc) is 2.49. The highest BCUT2D eigenvalue weighted by atomic mass is 16.6. The predicted molar refractivity (Wildman–Crippen MR) is 65.3 cm³/mol. The second-order valence-corrected chi connectivity index (χ2v) is 5.76. The Balaban J connectivity index is 2.26. The number of hydrogen-bond donors (Lipinski definition) is 0. The third kappa shape index (κ3) is 4.97. The second-order valence-electron chi connectivity index (χ2n) is 5.76. The van der Waals surface area contributed by atoms with Crippen LogP contribution in [0.5, 0.6) is 0 Å². The van der Waals surface area contributed by atoms with Crippen molar-refractivity contribution in [2.24, 2.45) is 5.92 Å². The fourth-order valence-electron chi connectivity index (χ4n) is 2.26. The largest absolute Gasteiger partial charge is 0.459 e. The molecule has 0 spiro atoms. The molecule has 0 N–H and O–H groups in total. The van der Waals surface area contributed by atoms with Crippen LogP contribution in [0.25, 0.3) is 0 Å². The number of carbonyl (C=O) groups is 1. The zero-order chi connectivity index (χ0) is 12.2. The molecule has 1 aliphatic heterocycles. The molecule has 0 radical (unpaired) electrons. The van der Waals surface area contributed by atoms with Crippen LogP contribution in [0, 0.1) is 5.92 Å². The second kappa shape index (κ2) is 5.67. The number of rotatable bonds is 4. The van der Waals surface area contributed by atoms with Gasteiger partial charge in [0.2, 0.25) is 0 Å². The summed E-state index contributed by atoms with van der Waals surface area (Å²) in [6.07, 6.45) is 3.76. The Morgan fingerprint density at radius 2 is 2.12 bits per heavy atom. The highest BCUT2D eigenvalue weighted by molar-refractivity contribution is 5.72. The van der Waals surface area contributed by atoms with Gasteiger partial charge >= 0.3 is 5.97 Å². The molecule has 16 heavy (non-hydrogen) atoms. The lowest BCUT2D eigenvalue weighted by atomic mass is 10.0. The summed E-state index contributed by atoms with van der Waals surface area (Å²) < 4.78 is 5.31. The van der Waals surface area contributed by atoms with Crippen molar-refractivity contribution in [3.8, 4) is 0 Å². The van der Waals surface area contributed by atoms with Crippen LogP contribution in [0.2, 0.25) is 0 Å². The highest BCUT2D eigenvalue weighted by Crippen LogP contribution is 2.20. The maximum atomic E-state index is 11.6. The van der Waals surface area contributed by atoms with Gasteiger partial charge in [-0.1, -0.05) is 13.3 Å². The van der Waals surface area contributed by atoms with E-state index < -0.39 is 0 Å². The van der Waals surface area contributed by atoms with Crippen LogP contribution in [0.3, 0.4) is 0 Å². The van der Waals surface area contributed by atoms with Crippen molar-refractivity contribution in [1.82, 2.24) is 4.90 Å². The molecule has 1 saturated heterocycles. The van der Waals surface area contributed by atoms with Gasteiger partial charge in [0, 0.05) is 6.54 Å². The third-order valence-electron chi connectivity index (χ3n) is 2.84. The van der Waals surface area contributed by atoms with Gasteiger partial charge in [0.1, 0.15) is 5.60 Å². The molecule has 0 amide bonds. The lowest BCUT2D eigenvalue weighted by Gasteiger charge is -2.22. The number of likely N-dealkylation sites (tertiary alicyclic amines) is 1. The Labute approximate surface area is 99.1 Å². The molecule has 1 aliphatic rings. The first-order valence-electron chi connectivity index (χ1n) is 6.35. The van der Waals surface area contributed by atoms with Gasteiger partial charge < -0.3 is 4.74 Å². The number of ether oxygens (including phenoxy) is 1. The fraction of sp³-hybridized carbons (Fsp3) is 0.923. The van der Waals surface area contributed by atoms with Crippen molar-refractivity contribution >= 4 is 5.97 Å². The summed E-state index contributed by atoms with van der Waals surface area (Å²) in [7, 11) is 0. The Kier molecular flexibility index (Phi) is 4.78. The Morgan fingerprint density at radius 3 is 2.69 bits per heavy atom. The van der Waals surface area contributed by atoms with E-state index >= 15 is 0 Å². The van der Waals surface area contributed by atoms with E-state index in [4.69, 9.17) is 4.74 Å². The number of hydrogen-bond acceptors (Lipinski definition) is 3. The quantitative estimate of drug-likeness (QED) is 0.691. The molecule has 0 aliphatic carbocycles. The number of carbonyl (C=O) groups excluding carboxylic acids is 1. The number of esters is 1. The van der Waals surface area contributed by atoms with Gasteiger partial charge in [0.25, 0.3) is 0 Å². The van der Waals surface area contributed by atoms with Gasteiger partial charge in [0.15, 0.2) is 0 Å². The minimum absolute atomic E-state index is 0.0929. The van der Waals surface area contributed by atoms with Gasteiger partial charge in [-0.15, -0.1) is 0 Å². The summed E-state index contributed by atoms with van der Waals surface area (Å²) in [5, 5.41) is 0. The molecule has 94 valence electrons. The Bertz CT molecular complexity index is 233. The van der Waals surface area contributed by atoms with Crippen LogP contribution in [-0.4, -0.2) is 36.1 Å². The van der Waals surface area contributed by atoms with E-state index in [0.29, 0.717) is 6.54 Å². The minimum atomic E-state index is -0.361. The van der Waals surface area contributed by atoms with Gasteiger partial charge in [-0.25, -0.2) is 0 Å². The molecule has 3 heteroatoms. The van der Waals surface area contributed by atoms with Crippen LogP contribution >= 0.6 is 0 Å². The Morgan fingerprint density at radius 1 is 1.44 bits per heavy atom. The van der Waals surface area contributed by atoms with E-state index in [-0.39, 0.29) is 11.6 Å². The molecule has 0 unspecified atom stereocenters. The van der Waals surface area contributed by atoms with E-state index in [9.17, 15) is 4.79 Å². The maximum absolute atomic E-state index is 11.6. The van der Waals surface area contributed by atoms with Crippen molar-refractivity contribution in [2.75, 3.05) is 19.6 Å². The van der Waals surface area contributed by atoms with E-state index in [1.807, 2.05) is 20.8 Å². The molecule has 3 nitrogen and oxygen atoms in total. The summed E-state index contributed by atoms with van der Waals surface area (Å²) in [5.74, 6) is 0.692. The summed E-state index contributed by atoms with van der Waals surface area (Å²) in [5.41, 5.74) is -0.361. The fourth-order valence-corrected chi connectivity index (χ4v) is 2.26. The summed E-state index contributed by atoms with van der Waals surface area (Å²) in [6, 6.07) is 0. The minimum Gasteiger partial charge on any atom is -0.459 e. The lowest BCUT2D eigenvalue weighted by molar-refractivity contribution is -0.155. The molecule has 0 aromatic carbocycles. The van der Waals surface area contributed by atoms with Crippen molar-refractivity contribution in [3.63, 3.8) is 0 Å².